The van der Waals surface area contributed by atoms with Gasteiger partial charge in [-0.15, -0.1) is 11.8 Å². The quantitative estimate of drug-likeness (QED) is 0.660. The van der Waals surface area contributed by atoms with Crippen molar-refractivity contribution in [1.82, 2.24) is 10.6 Å². The van der Waals surface area contributed by atoms with Gasteiger partial charge >= 0.3 is 12.1 Å². The molecule has 1 fully saturated rings. The zero-order valence-corrected chi connectivity index (χ0v) is 13.7. The fourth-order valence-corrected chi connectivity index (χ4v) is 3.17. The van der Waals surface area contributed by atoms with Crippen LogP contribution in [0.2, 0.25) is 0 Å². The van der Waals surface area contributed by atoms with Gasteiger partial charge in [0.15, 0.2) is 0 Å². The average Bonchev–Trinajstić information content (AvgIpc) is 2.21. The van der Waals surface area contributed by atoms with Gasteiger partial charge in [0.05, 0.1) is 6.42 Å². The Hall–Kier alpha value is -1.44. The second-order valence-electron chi connectivity index (χ2n) is 6.50. The molecule has 1 aliphatic rings. The highest BCUT2D eigenvalue weighted by Crippen LogP contribution is 2.35. The van der Waals surface area contributed by atoms with E-state index in [0.29, 0.717) is 0 Å². The van der Waals surface area contributed by atoms with E-state index >= 15 is 0 Å². The second kappa shape index (κ2) is 6.13. The number of hydrogen-bond donors (Lipinski definition) is 3. The van der Waals surface area contributed by atoms with E-state index in [9.17, 15) is 14.4 Å². The molecule has 0 aromatic carbocycles. The van der Waals surface area contributed by atoms with Crippen molar-refractivity contribution in [3.63, 3.8) is 0 Å². The van der Waals surface area contributed by atoms with Crippen molar-refractivity contribution in [2.24, 2.45) is 0 Å². The van der Waals surface area contributed by atoms with E-state index in [1.165, 1.54) is 11.8 Å². The van der Waals surface area contributed by atoms with Gasteiger partial charge in [0.1, 0.15) is 17.0 Å². The molecule has 21 heavy (non-hydrogen) atoms. The Bertz CT molecular complexity index is 444. The Kier molecular flexibility index (Phi) is 5.14. The summed E-state index contributed by atoms with van der Waals surface area (Å²) >= 11 is 1.31. The predicted molar refractivity (Wildman–Crippen MR) is 79.0 cm³/mol. The number of alkyl carbamates (subject to hydrolysis) is 1. The molecule has 3 N–H and O–H groups in total. The molecule has 0 aromatic rings. The van der Waals surface area contributed by atoms with E-state index in [-0.39, 0.29) is 17.7 Å². The lowest BCUT2D eigenvalue weighted by atomic mass is 10.1. The van der Waals surface area contributed by atoms with E-state index in [1.54, 1.807) is 34.6 Å². The molecule has 0 radical (unpaired) electrons. The zero-order chi connectivity index (χ0) is 16.4. The average molecular weight is 318 g/mol. The van der Waals surface area contributed by atoms with Gasteiger partial charge < -0.3 is 20.5 Å². The SMILES string of the molecule is CC(C)(C)OC(=O)N[C@@H]1C(=O)N[C@@H]1SC(C)(C)CC(=O)O. The van der Waals surface area contributed by atoms with Gasteiger partial charge in [0, 0.05) is 4.75 Å². The molecule has 8 heteroatoms. The van der Waals surface area contributed by atoms with Crippen LogP contribution >= 0.6 is 11.8 Å². The van der Waals surface area contributed by atoms with Crippen LogP contribution in [0.3, 0.4) is 0 Å². The largest absolute Gasteiger partial charge is 0.481 e. The topological polar surface area (TPSA) is 105 Å². The molecule has 1 saturated heterocycles. The molecule has 0 aromatic heterocycles. The lowest BCUT2D eigenvalue weighted by molar-refractivity contribution is -0.137. The van der Waals surface area contributed by atoms with Gasteiger partial charge in [-0.3, -0.25) is 9.59 Å². The molecule has 0 unspecified atom stereocenters. The fraction of sp³-hybridized carbons (Fsp3) is 0.769. The zero-order valence-electron chi connectivity index (χ0n) is 12.9. The van der Waals surface area contributed by atoms with Crippen LogP contribution in [0.25, 0.3) is 0 Å². The lowest BCUT2D eigenvalue weighted by Gasteiger charge is -2.40. The normalized spacial score (nSPS) is 22.0. The highest BCUT2D eigenvalue weighted by molar-refractivity contribution is 8.01. The first-order valence-corrected chi connectivity index (χ1v) is 7.47. The number of rotatable bonds is 5. The van der Waals surface area contributed by atoms with Crippen LogP contribution in [0.5, 0.6) is 0 Å². The molecule has 2 amide bonds. The first-order valence-electron chi connectivity index (χ1n) is 6.59. The third-order valence-electron chi connectivity index (χ3n) is 2.56. The fourth-order valence-electron chi connectivity index (χ4n) is 1.78. The number of β-lactam (4-membered cyclic amide) rings is 1. The minimum atomic E-state index is -0.908. The number of amides is 2. The van der Waals surface area contributed by atoms with Gasteiger partial charge in [0.25, 0.3) is 0 Å². The highest BCUT2D eigenvalue weighted by Gasteiger charge is 2.44. The van der Waals surface area contributed by atoms with Crippen molar-refractivity contribution < 1.29 is 24.2 Å². The molecule has 7 nitrogen and oxygen atoms in total. The summed E-state index contributed by atoms with van der Waals surface area (Å²) in [5.74, 6) is -1.21. The summed E-state index contributed by atoms with van der Waals surface area (Å²) in [7, 11) is 0. The Morgan fingerprint density at radius 1 is 1.33 bits per heavy atom. The molecule has 1 rings (SSSR count). The molecule has 0 bridgehead atoms. The number of thioether (sulfide) groups is 1. The predicted octanol–water partition coefficient (Wildman–Crippen LogP) is 1.32. The molecular formula is C13H22N2O5S. The smallest absolute Gasteiger partial charge is 0.408 e. The van der Waals surface area contributed by atoms with E-state index in [1.807, 2.05) is 0 Å². The summed E-state index contributed by atoms with van der Waals surface area (Å²) in [6, 6.07) is -0.710. The van der Waals surface area contributed by atoms with E-state index in [2.05, 4.69) is 10.6 Å². The molecular weight excluding hydrogens is 296 g/mol. The van der Waals surface area contributed by atoms with Crippen LogP contribution in [0, 0.1) is 0 Å². The molecule has 2 atom stereocenters. The molecule has 120 valence electrons. The van der Waals surface area contributed by atoms with E-state index in [4.69, 9.17) is 9.84 Å². The molecule has 1 heterocycles. The number of carbonyl (C=O) groups excluding carboxylic acids is 2. The maximum atomic E-state index is 11.7. The summed E-state index contributed by atoms with van der Waals surface area (Å²) < 4.78 is 4.54. The van der Waals surface area contributed by atoms with Crippen molar-refractivity contribution in [1.29, 1.82) is 0 Å². The molecule has 1 aliphatic heterocycles. The van der Waals surface area contributed by atoms with Gasteiger partial charge in [-0.25, -0.2) is 4.79 Å². The number of carboxylic acid groups (broad SMARTS) is 1. The van der Waals surface area contributed by atoms with Crippen LogP contribution in [-0.2, 0) is 14.3 Å². The van der Waals surface area contributed by atoms with Gasteiger partial charge in [-0.2, -0.15) is 0 Å². The summed E-state index contributed by atoms with van der Waals surface area (Å²) in [4.78, 5) is 34.0. The molecule has 0 spiro atoms. The minimum absolute atomic E-state index is 0.0385. The Balaban J connectivity index is 2.56. The Morgan fingerprint density at radius 3 is 2.33 bits per heavy atom. The van der Waals surface area contributed by atoms with Crippen molar-refractivity contribution >= 4 is 29.7 Å². The van der Waals surface area contributed by atoms with E-state index < -0.39 is 28.5 Å². The van der Waals surface area contributed by atoms with Crippen LogP contribution in [0.4, 0.5) is 4.79 Å². The van der Waals surface area contributed by atoms with Crippen LogP contribution < -0.4 is 10.6 Å². The lowest BCUT2D eigenvalue weighted by Crippen LogP contribution is -2.68. The summed E-state index contributed by atoms with van der Waals surface area (Å²) in [5.41, 5.74) is -0.643. The van der Waals surface area contributed by atoms with Gasteiger partial charge in [0.2, 0.25) is 5.91 Å². The number of aliphatic carboxylic acids is 1. The van der Waals surface area contributed by atoms with Gasteiger partial charge in [-0.05, 0) is 20.8 Å². The number of carboxylic acids is 1. The number of hydrogen-bond acceptors (Lipinski definition) is 5. The molecule has 0 saturated carbocycles. The van der Waals surface area contributed by atoms with Gasteiger partial charge in [-0.1, -0.05) is 13.8 Å². The van der Waals surface area contributed by atoms with Crippen LogP contribution in [0.1, 0.15) is 41.0 Å². The maximum absolute atomic E-state index is 11.7. The first-order chi connectivity index (χ1) is 9.39. The Labute approximate surface area is 128 Å². The third kappa shape index (κ3) is 5.82. The second-order valence-corrected chi connectivity index (χ2v) is 8.35. The van der Waals surface area contributed by atoms with Crippen LogP contribution in [-0.4, -0.2) is 44.8 Å². The standard InChI is InChI=1S/C13H22N2O5S/c1-12(2,3)20-11(19)14-8-9(18)15-10(8)21-13(4,5)6-7(16)17/h8,10H,6H2,1-5H3,(H,14,19)(H,15,18)(H,16,17)/t8-,10-/m1/s1. The third-order valence-corrected chi connectivity index (χ3v) is 3.99. The first kappa shape index (κ1) is 17.6. The van der Waals surface area contributed by atoms with E-state index in [0.717, 1.165) is 0 Å². The summed E-state index contributed by atoms with van der Waals surface area (Å²) in [6.07, 6.45) is -0.701. The highest BCUT2D eigenvalue weighted by atomic mass is 32.2. The van der Waals surface area contributed by atoms with Crippen LogP contribution in [0.15, 0.2) is 0 Å². The van der Waals surface area contributed by atoms with Crippen molar-refractivity contribution in [3.05, 3.63) is 0 Å². The van der Waals surface area contributed by atoms with Crippen molar-refractivity contribution in [3.8, 4) is 0 Å². The number of carbonyl (C=O) groups is 3. The summed E-state index contributed by atoms with van der Waals surface area (Å²) in [5, 5.41) is 13.6. The Morgan fingerprint density at radius 2 is 1.90 bits per heavy atom. The minimum Gasteiger partial charge on any atom is -0.481 e. The summed E-state index contributed by atoms with van der Waals surface area (Å²) in [6.45, 7) is 8.75. The number of nitrogens with one attached hydrogen (secondary N) is 2. The number of ether oxygens (including phenoxy) is 1. The van der Waals surface area contributed by atoms with Crippen molar-refractivity contribution in [2.45, 2.75) is 62.8 Å². The monoisotopic (exact) mass is 318 g/mol. The van der Waals surface area contributed by atoms with Crippen molar-refractivity contribution in [2.75, 3.05) is 0 Å². The maximum Gasteiger partial charge on any atom is 0.408 e. The molecule has 0 aliphatic carbocycles.